The highest BCUT2D eigenvalue weighted by Gasteiger charge is 2.09. The van der Waals surface area contributed by atoms with Crippen molar-refractivity contribution in [1.82, 2.24) is 0 Å². The molecule has 0 rings (SSSR count). The highest BCUT2D eigenvalue weighted by molar-refractivity contribution is 6.19. The summed E-state index contributed by atoms with van der Waals surface area (Å²) in [6, 6.07) is 0. The Kier molecular flexibility index (Phi) is 3.77. The molecule has 8 heavy (non-hydrogen) atoms. The van der Waals surface area contributed by atoms with Crippen LogP contribution >= 0.6 is 11.6 Å². The molecule has 0 saturated heterocycles. The van der Waals surface area contributed by atoms with Crippen molar-refractivity contribution in [3.05, 3.63) is 0 Å². The highest BCUT2D eigenvalue weighted by Crippen LogP contribution is 1.86. The molecule has 0 aromatic heterocycles. The van der Waals surface area contributed by atoms with Crippen LogP contribution in [0.1, 0.15) is 0 Å². The van der Waals surface area contributed by atoms with E-state index < -0.39 is 11.9 Å². The second kappa shape index (κ2) is 3.83. The summed E-state index contributed by atoms with van der Waals surface area (Å²) in [5.41, 5.74) is 4.88. The number of carbonyl (C=O) groups excluding carboxylic acids is 1. The van der Waals surface area contributed by atoms with Crippen LogP contribution in [-0.2, 0) is 4.79 Å². The van der Waals surface area contributed by atoms with Gasteiger partial charge in [0.25, 0.3) is 0 Å². The summed E-state index contributed by atoms with van der Waals surface area (Å²) in [5.74, 6) is -0.490. The van der Waals surface area contributed by atoms with Crippen molar-refractivity contribution in [2.24, 2.45) is 5.73 Å². The van der Waals surface area contributed by atoms with Crippen LogP contribution in [0.15, 0.2) is 0 Å². The average Bonchev–Trinajstić information content (AvgIpc) is 1.84. The quantitative estimate of drug-likeness (QED) is 0.497. The van der Waals surface area contributed by atoms with E-state index in [1.54, 1.807) is 0 Å². The summed E-state index contributed by atoms with van der Waals surface area (Å²) in [6.45, 7) is -0.145. The highest BCUT2D eigenvalue weighted by atomic mass is 35.5. The summed E-state index contributed by atoms with van der Waals surface area (Å²) in [5, 5.41) is 8.56. The van der Waals surface area contributed by atoms with E-state index in [0.717, 1.165) is 0 Å². The molecule has 0 heterocycles. The van der Waals surface area contributed by atoms with Gasteiger partial charge in [-0.15, -0.1) is 11.6 Å². The van der Waals surface area contributed by atoms with E-state index in [0.29, 0.717) is 0 Å². The zero-order valence-electron chi connectivity index (χ0n) is 4.30. The van der Waals surface area contributed by atoms with Crippen molar-refractivity contribution in [3.63, 3.8) is 0 Å². The molecule has 0 fully saturated rings. The molecule has 0 aliphatic rings. The third kappa shape index (κ3) is 2.26. The van der Waals surface area contributed by atoms with Crippen LogP contribution in [0.3, 0.4) is 0 Å². The third-order valence-corrected chi connectivity index (χ3v) is 1.01. The van der Waals surface area contributed by atoms with Crippen molar-refractivity contribution >= 4 is 17.4 Å². The van der Waals surface area contributed by atoms with Gasteiger partial charge in [-0.1, -0.05) is 0 Å². The second-order valence-electron chi connectivity index (χ2n) is 1.34. The first-order chi connectivity index (χ1) is 3.72. The van der Waals surface area contributed by atoms with Gasteiger partial charge in [-0.2, -0.15) is 0 Å². The number of aliphatic hydroxyl groups excluding tert-OH is 1. The Morgan fingerprint density at radius 2 is 2.38 bits per heavy atom. The topological polar surface area (TPSA) is 63.3 Å². The standard InChI is InChI=1S/C4H8ClNO2/c5-1-3(7)4(8)2-6/h3,7H,1-2,6H2. The Hall–Kier alpha value is -0.120. The van der Waals surface area contributed by atoms with E-state index >= 15 is 0 Å². The lowest BCUT2D eigenvalue weighted by Crippen LogP contribution is -2.28. The van der Waals surface area contributed by atoms with Crippen LogP contribution in [0.5, 0.6) is 0 Å². The normalized spacial score (nSPS) is 13.4. The first kappa shape index (κ1) is 7.88. The maximum absolute atomic E-state index is 10.3. The summed E-state index contributed by atoms with van der Waals surface area (Å²) >= 11 is 5.10. The van der Waals surface area contributed by atoms with Crippen molar-refractivity contribution < 1.29 is 9.90 Å². The fraction of sp³-hybridized carbons (Fsp3) is 0.750. The Labute approximate surface area is 52.4 Å². The number of halogens is 1. The van der Waals surface area contributed by atoms with Crippen LogP contribution in [0.2, 0.25) is 0 Å². The molecule has 0 amide bonds. The smallest absolute Gasteiger partial charge is 0.175 e. The van der Waals surface area contributed by atoms with Crippen LogP contribution in [-0.4, -0.2) is 29.4 Å². The molecule has 4 heteroatoms. The van der Waals surface area contributed by atoms with E-state index in [1.807, 2.05) is 0 Å². The number of ketones is 1. The minimum atomic E-state index is -1.08. The van der Waals surface area contributed by atoms with Crippen molar-refractivity contribution in [3.8, 4) is 0 Å². The number of alkyl halides is 1. The van der Waals surface area contributed by atoms with Crippen molar-refractivity contribution in [2.75, 3.05) is 12.4 Å². The molecule has 1 atom stereocenters. The zero-order chi connectivity index (χ0) is 6.57. The number of hydrogen-bond donors (Lipinski definition) is 2. The first-order valence-corrected chi connectivity index (χ1v) is 2.72. The van der Waals surface area contributed by atoms with Gasteiger partial charge in [-0.25, -0.2) is 0 Å². The van der Waals surface area contributed by atoms with Gasteiger partial charge in [0.05, 0.1) is 12.4 Å². The molecule has 48 valence electrons. The predicted octanol–water partition coefficient (Wildman–Crippen LogP) is -0.886. The van der Waals surface area contributed by atoms with Gasteiger partial charge in [-0.05, 0) is 0 Å². The number of hydrogen-bond acceptors (Lipinski definition) is 3. The van der Waals surface area contributed by atoms with Crippen molar-refractivity contribution in [2.45, 2.75) is 6.10 Å². The van der Waals surface area contributed by atoms with E-state index in [9.17, 15) is 4.79 Å². The lowest BCUT2D eigenvalue weighted by molar-refractivity contribution is -0.124. The van der Waals surface area contributed by atoms with Crippen LogP contribution in [0, 0.1) is 0 Å². The molecule has 3 nitrogen and oxygen atoms in total. The number of nitrogens with two attached hydrogens (primary N) is 1. The minimum absolute atomic E-state index is 0.0734. The molecule has 0 bridgehead atoms. The summed E-state index contributed by atoms with van der Waals surface area (Å²) < 4.78 is 0. The first-order valence-electron chi connectivity index (χ1n) is 2.19. The van der Waals surface area contributed by atoms with Gasteiger partial charge in [0.2, 0.25) is 0 Å². The molecule has 0 aromatic carbocycles. The van der Waals surface area contributed by atoms with E-state index in [4.69, 9.17) is 22.4 Å². The third-order valence-electron chi connectivity index (χ3n) is 0.719. The Bertz CT molecular complexity index is 86.1. The Morgan fingerprint density at radius 3 is 2.50 bits per heavy atom. The maximum atomic E-state index is 10.3. The Morgan fingerprint density at radius 1 is 1.88 bits per heavy atom. The largest absolute Gasteiger partial charge is 0.384 e. The lowest BCUT2D eigenvalue weighted by atomic mass is 10.3. The SMILES string of the molecule is NCC(=O)C(O)CCl. The van der Waals surface area contributed by atoms with E-state index in [2.05, 4.69) is 0 Å². The average molecular weight is 138 g/mol. The summed E-state index contributed by atoms with van der Waals surface area (Å²) in [7, 11) is 0. The summed E-state index contributed by atoms with van der Waals surface area (Å²) in [6.07, 6.45) is -1.08. The fourth-order valence-electron chi connectivity index (χ4n) is 0.222. The van der Waals surface area contributed by atoms with E-state index in [-0.39, 0.29) is 12.4 Å². The minimum Gasteiger partial charge on any atom is -0.384 e. The summed E-state index contributed by atoms with van der Waals surface area (Å²) in [4.78, 5) is 10.3. The van der Waals surface area contributed by atoms with Gasteiger partial charge in [0, 0.05) is 0 Å². The molecule has 0 aliphatic carbocycles. The second-order valence-corrected chi connectivity index (χ2v) is 1.65. The van der Waals surface area contributed by atoms with Gasteiger partial charge in [-0.3, -0.25) is 4.79 Å². The van der Waals surface area contributed by atoms with Gasteiger partial charge in [0.15, 0.2) is 5.78 Å². The van der Waals surface area contributed by atoms with Crippen LogP contribution in [0.25, 0.3) is 0 Å². The Balaban J connectivity index is 3.46. The maximum Gasteiger partial charge on any atom is 0.175 e. The zero-order valence-corrected chi connectivity index (χ0v) is 5.06. The number of Topliss-reactive ketones (excluding diaryl/α,β-unsaturated/α-hetero) is 1. The van der Waals surface area contributed by atoms with Gasteiger partial charge in [0.1, 0.15) is 6.10 Å². The van der Waals surface area contributed by atoms with Crippen LogP contribution in [0.4, 0.5) is 0 Å². The van der Waals surface area contributed by atoms with Crippen LogP contribution < -0.4 is 5.73 Å². The molecule has 0 spiro atoms. The number of rotatable bonds is 3. The predicted molar refractivity (Wildman–Crippen MR) is 30.8 cm³/mol. The molecule has 1 unspecified atom stereocenters. The fourth-order valence-corrected chi connectivity index (χ4v) is 0.394. The molecular weight excluding hydrogens is 130 g/mol. The molecular formula is C4H8ClNO2. The number of aliphatic hydroxyl groups is 1. The molecule has 0 radical (unpaired) electrons. The molecule has 0 saturated carbocycles. The number of carbonyl (C=O) groups is 1. The van der Waals surface area contributed by atoms with Gasteiger partial charge < -0.3 is 10.8 Å². The lowest BCUT2D eigenvalue weighted by Gasteiger charge is -1.99. The monoisotopic (exact) mass is 137 g/mol. The molecule has 0 aliphatic heterocycles. The van der Waals surface area contributed by atoms with E-state index in [1.165, 1.54) is 0 Å². The van der Waals surface area contributed by atoms with Gasteiger partial charge >= 0.3 is 0 Å². The molecule has 0 aromatic rings. The van der Waals surface area contributed by atoms with Crippen molar-refractivity contribution in [1.29, 1.82) is 0 Å². The molecule has 3 N–H and O–H groups in total.